The maximum Gasteiger partial charge on any atom is 0.278 e. The second kappa shape index (κ2) is 10.2. The largest absolute Gasteiger partial charge is 0.502 e. The van der Waals surface area contributed by atoms with Crippen molar-refractivity contribution < 1.29 is 19.4 Å². The van der Waals surface area contributed by atoms with Gasteiger partial charge in [-0.3, -0.25) is 19.3 Å². The zero-order valence-electron chi connectivity index (χ0n) is 23.2. The molecule has 38 heavy (non-hydrogen) atoms. The predicted molar refractivity (Wildman–Crippen MR) is 146 cm³/mol. The number of pyridine rings is 1. The summed E-state index contributed by atoms with van der Waals surface area (Å²) in [5.74, 6) is -0.0683. The predicted octanol–water partition coefficient (Wildman–Crippen LogP) is 4.35. The molecule has 2 heterocycles. The van der Waals surface area contributed by atoms with Gasteiger partial charge >= 0.3 is 0 Å². The number of rotatable bonds is 5. The molecule has 2 aliphatic carbocycles. The fourth-order valence-corrected chi connectivity index (χ4v) is 7.00. The average molecular weight is 522 g/mol. The summed E-state index contributed by atoms with van der Waals surface area (Å²) in [6, 6.07) is 9.31. The van der Waals surface area contributed by atoms with Crippen molar-refractivity contribution in [3.63, 3.8) is 0 Å². The molecule has 0 fully saturated rings. The lowest BCUT2D eigenvalue weighted by Crippen LogP contribution is -2.68. The molecule has 8 nitrogen and oxygen atoms in total. The van der Waals surface area contributed by atoms with Crippen molar-refractivity contribution in [2.75, 3.05) is 19.2 Å². The minimum atomic E-state index is -0.784. The van der Waals surface area contributed by atoms with Crippen molar-refractivity contribution in [1.29, 1.82) is 0 Å². The van der Waals surface area contributed by atoms with Crippen molar-refractivity contribution >= 4 is 5.91 Å². The van der Waals surface area contributed by atoms with Crippen LogP contribution in [0.15, 0.2) is 52.5 Å². The Morgan fingerprint density at radius 3 is 2.42 bits per heavy atom. The quantitative estimate of drug-likeness (QED) is 0.465. The first-order valence-electron chi connectivity index (χ1n) is 13.6. The second-order valence-electron chi connectivity index (χ2n) is 11.3. The van der Waals surface area contributed by atoms with E-state index in [2.05, 4.69) is 43.1 Å². The minimum absolute atomic E-state index is 0.0332. The highest BCUT2D eigenvalue weighted by molar-refractivity contribution is 5.96. The first-order valence-corrected chi connectivity index (χ1v) is 13.6. The van der Waals surface area contributed by atoms with Gasteiger partial charge < -0.3 is 19.5 Å². The second-order valence-corrected chi connectivity index (χ2v) is 11.3. The molecule has 1 aromatic heterocycles. The lowest BCUT2D eigenvalue weighted by Gasteiger charge is -2.53. The number of amides is 1. The number of ether oxygens (including phenoxy) is 2. The van der Waals surface area contributed by atoms with Crippen LogP contribution in [0, 0.1) is 11.8 Å². The van der Waals surface area contributed by atoms with Gasteiger partial charge in [0.05, 0.1) is 6.04 Å². The number of fused-ring (bicyclic) bond motifs is 2. The number of nitrogens with zero attached hydrogens (tertiary/aromatic N) is 3. The van der Waals surface area contributed by atoms with Gasteiger partial charge in [0.1, 0.15) is 0 Å². The number of aryl methyl sites for hydroxylation is 1. The van der Waals surface area contributed by atoms with Crippen LogP contribution in [0.2, 0.25) is 0 Å². The summed E-state index contributed by atoms with van der Waals surface area (Å²) in [5, 5.41) is 13.1. The first kappa shape index (κ1) is 26.5. The Hall–Kier alpha value is -3.10. The standard InChI is InChI=1S/C30H39N3O5/c1-17(2)32-28(30(37-5)38-6)33(31-14-13-23(34)27(35)26(31)29(32)36)25-22-10-8-7-9-20(22)11-12-21-16-18(3)15-19(4)24(21)25/h7-10,13-14,17-19,25,28,30,35H,11-12,15-16H2,1-6H3. The number of allylic oxidation sites excluding steroid dienone is 1. The molecule has 3 aliphatic rings. The third kappa shape index (κ3) is 4.14. The molecule has 1 N–H and O–H groups in total. The van der Waals surface area contributed by atoms with Crippen LogP contribution in [-0.4, -0.2) is 53.3 Å². The van der Waals surface area contributed by atoms with Gasteiger partial charge in [-0.2, -0.15) is 0 Å². The molecular formula is C30H39N3O5. The monoisotopic (exact) mass is 521 g/mol. The van der Waals surface area contributed by atoms with Crippen LogP contribution in [0.5, 0.6) is 5.75 Å². The third-order valence-corrected chi connectivity index (χ3v) is 8.46. The van der Waals surface area contributed by atoms with E-state index in [4.69, 9.17) is 9.47 Å². The van der Waals surface area contributed by atoms with Gasteiger partial charge in [-0.05, 0) is 68.1 Å². The van der Waals surface area contributed by atoms with Gasteiger partial charge in [0.15, 0.2) is 23.9 Å². The number of benzene rings is 1. The Morgan fingerprint density at radius 2 is 1.74 bits per heavy atom. The molecule has 0 saturated carbocycles. The van der Waals surface area contributed by atoms with E-state index in [0.29, 0.717) is 11.8 Å². The van der Waals surface area contributed by atoms with Crippen molar-refractivity contribution in [2.45, 2.75) is 77.9 Å². The van der Waals surface area contributed by atoms with E-state index in [1.165, 1.54) is 22.8 Å². The van der Waals surface area contributed by atoms with Crippen molar-refractivity contribution in [3.8, 4) is 5.75 Å². The first-order chi connectivity index (χ1) is 18.2. The number of carbonyl (C=O) groups is 1. The highest BCUT2D eigenvalue weighted by atomic mass is 16.7. The van der Waals surface area contributed by atoms with Crippen molar-refractivity contribution in [2.24, 2.45) is 11.8 Å². The van der Waals surface area contributed by atoms with E-state index in [9.17, 15) is 14.7 Å². The number of hydrogen-bond donors (Lipinski definition) is 1. The smallest absolute Gasteiger partial charge is 0.278 e. The van der Waals surface area contributed by atoms with Crippen LogP contribution in [0.1, 0.15) is 74.6 Å². The molecule has 4 unspecified atom stereocenters. The van der Waals surface area contributed by atoms with Gasteiger partial charge in [0, 0.05) is 32.5 Å². The van der Waals surface area contributed by atoms with Gasteiger partial charge in [-0.25, -0.2) is 0 Å². The number of hydrogen-bond acceptors (Lipinski definition) is 6. The summed E-state index contributed by atoms with van der Waals surface area (Å²) in [7, 11) is 3.15. The maximum atomic E-state index is 14.0. The zero-order valence-corrected chi connectivity index (χ0v) is 23.2. The number of methoxy groups -OCH3 is 2. The molecule has 0 radical (unpaired) electrons. The summed E-state index contributed by atoms with van der Waals surface area (Å²) in [5.41, 5.74) is 4.62. The Balaban J connectivity index is 1.87. The van der Waals surface area contributed by atoms with Crippen LogP contribution in [0.3, 0.4) is 0 Å². The summed E-state index contributed by atoms with van der Waals surface area (Å²) < 4.78 is 13.4. The Bertz CT molecular complexity index is 1310. The van der Waals surface area contributed by atoms with Crippen LogP contribution in [0.4, 0.5) is 0 Å². The van der Waals surface area contributed by atoms with Crippen LogP contribution in [-0.2, 0) is 15.9 Å². The molecule has 1 amide bonds. The minimum Gasteiger partial charge on any atom is -0.502 e. The molecule has 4 atom stereocenters. The van der Waals surface area contributed by atoms with E-state index in [1.54, 1.807) is 30.0 Å². The lowest BCUT2D eigenvalue weighted by molar-refractivity contribution is -0.153. The van der Waals surface area contributed by atoms with Crippen LogP contribution >= 0.6 is 0 Å². The van der Waals surface area contributed by atoms with Crippen molar-refractivity contribution in [1.82, 2.24) is 9.58 Å². The third-order valence-electron chi connectivity index (χ3n) is 8.46. The molecule has 2 aromatic rings. The maximum absolute atomic E-state index is 14.0. The fraction of sp³-hybridized carbons (Fsp3) is 0.533. The van der Waals surface area contributed by atoms with Gasteiger partial charge in [0.25, 0.3) is 5.91 Å². The number of aromatic hydroxyl groups is 1. The fourth-order valence-electron chi connectivity index (χ4n) is 7.00. The summed E-state index contributed by atoms with van der Waals surface area (Å²) in [6.07, 6.45) is 4.20. The van der Waals surface area contributed by atoms with Gasteiger partial charge in [-0.1, -0.05) is 43.7 Å². The molecule has 0 bridgehead atoms. The molecule has 0 spiro atoms. The molecule has 1 aliphatic heterocycles. The number of carbonyl (C=O) groups excluding carboxylic acids is 1. The molecule has 1 aromatic carbocycles. The Kier molecular flexibility index (Phi) is 7.13. The summed E-state index contributed by atoms with van der Waals surface area (Å²) in [4.78, 5) is 28.2. The SMILES string of the molecule is COC(OC)C1N(C(C)C)C(=O)c2c(O)c(=O)ccn2N1C1C2=C(CCc3ccccc31)CC(C)CC2C. The molecule has 0 saturated heterocycles. The van der Waals surface area contributed by atoms with Crippen LogP contribution in [0.25, 0.3) is 0 Å². The van der Waals surface area contributed by atoms with Gasteiger partial charge in [0.2, 0.25) is 5.43 Å². The average Bonchev–Trinajstić information content (AvgIpc) is 3.04. The highest BCUT2D eigenvalue weighted by Crippen LogP contribution is 2.48. The Labute approximate surface area is 224 Å². The van der Waals surface area contributed by atoms with Crippen molar-refractivity contribution in [3.05, 3.63) is 74.7 Å². The van der Waals surface area contributed by atoms with E-state index < -0.39 is 29.5 Å². The van der Waals surface area contributed by atoms with E-state index in [0.717, 1.165) is 31.2 Å². The summed E-state index contributed by atoms with van der Waals surface area (Å²) in [6.45, 7) is 8.47. The van der Waals surface area contributed by atoms with E-state index in [1.807, 2.05) is 13.8 Å². The lowest BCUT2D eigenvalue weighted by atomic mass is 9.74. The van der Waals surface area contributed by atoms with E-state index >= 15 is 0 Å². The highest BCUT2D eigenvalue weighted by Gasteiger charge is 2.50. The molecular weight excluding hydrogens is 482 g/mol. The molecule has 204 valence electrons. The Morgan fingerprint density at radius 1 is 1.03 bits per heavy atom. The number of aromatic nitrogens is 1. The van der Waals surface area contributed by atoms with E-state index in [-0.39, 0.29) is 17.8 Å². The summed E-state index contributed by atoms with van der Waals surface area (Å²) >= 11 is 0. The zero-order chi connectivity index (χ0) is 27.3. The van der Waals surface area contributed by atoms with Crippen LogP contribution < -0.4 is 10.4 Å². The molecule has 8 heteroatoms. The molecule has 5 rings (SSSR count). The normalized spacial score (nSPS) is 25.4. The van der Waals surface area contributed by atoms with Gasteiger partial charge in [-0.15, -0.1) is 0 Å². The topological polar surface area (TPSA) is 84.2 Å².